The molecule has 0 bridgehead atoms. The molecule has 18 heavy (non-hydrogen) atoms. The van der Waals surface area contributed by atoms with Gasteiger partial charge in [0, 0.05) is 4.88 Å². The molecule has 1 aliphatic carbocycles. The zero-order valence-corrected chi connectivity index (χ0v) is 11.3. The van der Waals surface area contributed by atoms with Crippen LogP contribution in [0.25, 0.3) is 0 Å². The molecule has 2 heterocycles. The van der Waals surface area contributed by atoms with Crippen LogP contribution in [0.4, 0.5) is 4.79 Å². The largest absolute Gasteiger partial charge is 0.325 e. The number of amides is 3. The first kappa shape index (κ1) is 12.0. The normalized spacial score (nSPS) is 21.9. The SMILES string of the molecule is O=C1NC2(CCCC2)C(=O)N1Cc1ccc(Cl)s1. The van der Waals surface area contributed by atoms with Gasteiger partial charge in [0.1, 0.15) is 5.54 Å². The van der Waals surface area contributed by atoms with Crippen molar-refractivity contribution >= 4 is 34.9 Å². The van der Waals surface area contributed by atoms with E-state index in [-0.39, 0.29) is 11.9 Å². The van der Waals surface area contributed by atoms with Gasteiger partial charge in [-0.3, -0.25) is 9.69 Å². The minimum absolute atomic E-state index is 0.0745. The van der Waals surface area contributed by atoms with Gasteiger partial charge in [-0.2, -0.15) is 0 Å². The van der Waals surface area contributed by atoms with Gasteiger partial charge in [0.2, 0.25) is 0 Å². The average molecular weight is 285 g/mol. The standard InChI is InChI=1S/C12H13ClN2O2S/c13-9-4-3-8(18-9)7-15-10(16)12(14-11(15)17)5-1-2-6-12/h3-4H,1-2,5-7H2,(H,14,17). The molecule has 1 saturated carbocycles. The molecular weight excluding hydrogens is 272 g/mol. The maximum atomic E-state index is 12.4. The molecule has 3 rings (SSSR count). The second kappa shape index (κ2) is 4.24. The molecule has 1 N–H and O–H groups in total. The van der Waals surface area contributed by atoms with Crippen LogP contribution >= 0.6 is 22.9 Å². The maximum absolute atomic E-state index is 12.4. The number of urea groups is 1. The van der Waals surface area contributed by atoms with Crippen LogP contribution in [0.15, 0.2) is 12.1 Å². The third-order valence-electron chi connectivity index (χ3n) is 3.65. The summed E-state index contributed by atoms with van der Waals surface area (Å²) in [4.78, 5) is 26.5. The molecule has 1 spiro atoms. The lowest BCUT2D eigenvalue weighted by Gasteiger charge is -2.19. The van der Waals surface area contributed by atoms with Gasteiger partial charge in [-0.15, -0.1) is 11.3 Å². The van der Waals surface area contributed by atoms with Crippen LogP contribution in [-0.4, -0.2) is 22.4 Å². The topological polar surface area (TPSA) is 49.4 Å². The summed E-state index contributed by atoms with van der Waals surface area (Å²) in [5.74, 6) is -0.0745. The van der Waals surface area contributed by atoms with Gasteiger partial charge in [0.15, 0.2) is 0 Å². The van der Waals surface area contributed by atoms with E-state index in [0.29, 0.717) is 10.9 Å². The summed E-state index contributed by atoms with van der Waals surface area (Å²) in [7, 11) is 0. The lowest BCUT2D eigenvalue weighted by Crippen LogP contribution is -2.44. The third kappa shape index (κ3) is 1.82. The van der Waals surface area contributed by atoms with E-state index in [2.05, 4.69) is 5.32 Å². The molecule has 0 radical (unpaired) electrons. The van der Waals surface area contributed by atoms with Crippen LogP contribution in [0, 0.1) is 0 Å². The Labute approximate surface area is 114 Å². The summed E-state index contributed by atoms with van der Waals surface area (Å²) in [6.07, 6.45) is 3.54. The number of rotatable bonds is 2. The lowest BCUT2D eigenvalue weighted by atomic mass is 9.98. The molecule has 6 heteroatoms. The quantitative estimate of drug-likeness (QED) is 0.849. The highest BCUT2D eigenvalue weighted by Gasteiger charge is 2.52. The van der Waals surface area contributed by atoms with Crippen molar-refractivity contribution in [1.82, 2.24) is 10.2 Å². The van der Waals surface area contributed by atoms with Gasteiger partial charge in [-0.05, 0) is 25.0 Å². The Morgan fingerprint density at radius 2 is 2.06 bits per heavy atom. The maximum Gasteiger partial charge on any atom is 0.325 e. The molecule has 96 valence electrons. The molecule has 1 aromatic rings. The summed E-state index contributed by atoms with van der Waals surface area (Å²) >= 11 is 7.25. The molecular formula is C12H13ClN2O2S. The highest BCUT2D eigenvalue weighted by molar-refractivity contribution is 7.16. The van der Waals surface area contributed by atoms with Crippen LogP contribution in [0.3, 0.4) is 0 Å². The number of imide groups is 1. The zero-order chi connectivity index (χ0) is 12.8. The zero-order valence-electron chi connectivity index (χ0n) is 9.74. The van der Waals surface area contributed by atoms with Crippen LogP contribution in [0.1, 0.15) is 30.6 Å². The van der Waals surface area contributed by atoms with Gasteiger partial charge in [0.05, 0.1) is 10.9 Å². The Morgan fingerprint density at radius 3 is 2.67 bits per heavy atom. The van der Waals surface area contributed by atoms with Gasteiger partial charge in [-0.25, -0.2) is 4.79 Å². The van der Waals surface area contributed by atoms with Crippen molar-refractivity contribution < 1.29 is 9.59 Å². The van der Waals surface area contributed by atoms with E-state index in [9.17, 15) is 9.59 Å². The van der Waals surface area contributed by atoms with Crippen molar-refractivity contribution in [2.75, 3.05) is 0 Å². The molecule has 0 aromatic carbocycles. The summed E-state index contributed by atoms with van der Waals surface area (Å²) in [5.41, 5.74) is -0.613. The number of nitrogens with zero attached hydrogens (tertiary/aromatic N) is 1. The van der Waals surface area contributed by atoms with Crippen LogP contribution in [0.5, 0.6) is 0 Å². The minimum atomic E-state index is -0.613. The summed E-state index contributed by atoms with van der Waals surface area (Å²) < 4.78 is 0.674. The summed E-state index contributed by atoms with van der Waals surface area (Å²) in [5, 5.41) is 2.87. The van der Waals surface area contributed by atoms with Crippen molar-refractivity contribution in [2.45, 2.75) is 37.8 Å². The predicted molar refractivity (Wildman–Crippen MR) is 69.6 cm³/mol. The highest BCUT2D eigenvalue weighted by atomic mass is 35.5. The van der Waals surface area contributed by atoms with E-state index in [1.807, 2.05) is 6.07 Å². The molecule has 4 nitrogen and oxygen atoms in total. The van der Waals surface area contributed by atoms with E-state index in [1.54, 1.807) is 6.07 Å². The molecule has 1 aromatic heterocycles. The van der Waals surface area contributed by atoms with Crippen LogP contribution in [-0.2, 0) is 11.3 Å². The number of carbonyl (C=O) groups is 2. The van der Waals surface area contributed by atoms with Crippen molar-refractivity contribution in [3.63, 3.8) is 0 Å². The Bertz CT molecular complexity index is 508. The van der Waals surface area contributed by atoms with E-state index in [4.69, 9.17) is 11.6 Å². The van der Waals surface area contributed by atoms with Gasteiger partial charge in [-0.1, -0.05) is 24.4 Å². The third-order valence-corrected chi connectivity index (χ3v) is 4.86. The van der Waals surface area contributed by atoms with Gasteiger partial charge >= 0.3 is 6.03 Å². The summed E-state index contributed by atoms with van der Waals surface area (Å²) in [6.45, 7) is 0.323. The second-order valence-electron chi connectivity index (χ2n) is 4.82. The number of carbonyl (C=O) groups excluding carboxylic acids is 2. The Morgan fingerprint density at radius 1 is 1.33 bits per heavy atom. The van der Waals surface area contributed by atoms with Gasteiger partial charge < -0.3 is 5.32 Å². The summed E-state index contributed by atoms with van der Waals surface area (Å²) in [6, 6.07) is 3.37. The molecule has 0 unspecified atom stereocenters. The van der Waals surface area contributed by atoms with E-state index in [0.717, 1.165) is 30.6 Å². The number of hydrogen-bond acceptors (Lipinski definition) is 3. The molecule has 1 saturated heterocycles. The van der Waals surface area contributed by atoms with Crippen LogP contribution < -0.4 is 5.32 Å². The van der Waals surface area contributed by atoms with Gasteiger partial charge in [0.25, 0.3) is 5.91 Å². The Kier molecular flexibility index (Phi) is 2.83. The fraction of sp³-hybridized carbons (Fsp3) is 0.500. The first-order valence-electron chi connectivity index (χ1n) is 5.99. The molecule has 0 atom stereocenters. The average Bonchev–Trinajstić information content (AvgIpc) is 2.99. The Hall–Kier alpha value is -1.07. The van der Waals surface area contributed by atoms with Crippen molar-refractivity contribution in [3.05, 3.63) is 21.3 Å². The van der Waals surface area contributed by atoms with E-state index >= 15 is 0 Å². The first-order chi connectivity index (χ1) is 8.61. The van der Waals surface area contributed by atoms with Crippen LogP contribution in [0.2, 0.25) is 4.34 Å². The fourth-order valence-electron chi connectivity index (χ4n) is 2.73. The smallest absolute Gasteiger partial charge is 0.323 e. The fourth-order valence-corrected chi connectivity index (χ4v) is 3.81. The van der Waals surface area contributed by atoms with Crippen molar-refractivity contribution in [3.8, 4) is 0 Å². The highest BCUT2D eigenvalue weighted by Crippen LogP contribution is 2.36. The van der Waals surface area contributed by atoms with E-state index < -0.39 is 5.54 Å². The number of nitrogens with one attached hydrogen (secondary N) is 1. The minimum Gasteiger partial charge on any atom is -0.323 e. The second-order valence-corrected chi connectivity index (χ2v) is 6.62. The lowest BCUT2D eigenvalue weighted by molar-refractivity contribution is -0.131. The number of halogens is 1. The van der Waals surface area contributed by atoms with Crippen molar-refractivity contribution in [2.24, 2.45) is 0 Å². The first-order valence-corrected chi connectivity index (χ1v) is 7.18. The molecule has 2 fully saturated rings. The Balaban J connectivity index is 1.80. The van der Waals surface area contributed by atoms with Crippen molar-refractivity contribution in [1.29, 1.82) is 0 Å². The molecule has 1 aliphatic heterocycles. The molecule has 2 aliphatic rings. The number of hydrogen-bond donors (Lipinski definition) is 1. The predicted octanol–water partition coefficient (Wildman–Crippen LogP) is 2.77. The number of thiophene rings is 1. The molecule has 3 amide bonds. The van der Waals surface area contributed by atoms with E-state index in [1.165, 1.54) is 16.2 Å². The monoisotopic (exact) mass is 284 g/mol.